The van der Waals surface area contributed by atoms with Gasteiger partial charge in [-0.05, 0) is 24.6 Å². The maximum atomic E-state index is 4.04. The lowest BCUT2D eigenvalue weighted by Crippen LogP contribution is -2.18. The SMILES string of the molecule is C=C(CNCCC)CSCC(C)C. The van der Waals surface area contributed by atoms with Crippen molar-refractivity contribution in [3.8, 4) is 0 Å². The summed E-state index contributed by atoms with van der Waals surface area (Å²) in [5.74, 6) is 3.14. The first kappa shape index (κ1) is 13.1. The molecule has 0 saturated carbocycles. The molecule has 0 amide bonds. The molecule has 0 unspecified atom stereocenters. The molecule has 0 heterocycles. The summed E-state index contributed by atoms with van der Waals surface area (Å²) in [6, 6.07) is 0. The maximum absolute atomic E-state index is 4.04. The highest BCUT2D eigenvalue weighted by Gasteiger charge is 1.97. The maximum Gasteiger partial charge on any atom is 0.0170 e. The average molecular weight is 201 g/mol. The van der Waals surface area contributed by atoms with E-state index in [2.05, 4.69) is 32.7 Å². The second kappa shape index (κ2) is 8.64. The largest absolute Gasteiger partial charge is 0.313 e. The van der Waals surface area contributed by atoms with Gasteiger partial charge in [0.05, 0.1) is 0 Å². The van der Waals surface area contributed by atoms with Crippen molar-refractivity contribution in [3.05, 3.63) is 12.2 Å². The fourth-order valence-corrected chi connectivity index (χ4v) is 1.91. The van der Waals surface area contributed by atoms with Gasteiger partial charge >= 0.3 is 0 Å². The number of thioether (sulfide) groups is 1. The van der Waals surface area contributed by atoms with Crippen LogP contribution in [-0.2, 0) is 0 Å². The van der Waals surface area contributed by atoms with E-state index in [4.69, 9.17) is 0 Å². The van der Waals surface area contributed by atoms with Crippen LogP contribution in [0, 0.1) is 5.92 Å². The predicted octanol–water partition coefficient (Wildman–Crippen LogP) is 2.93. The molecular formula is C11H23NS. The van der Waals surface area contributed by atoms with E-state index in [1.54, 1.807) is 0 Å². The topological polar surface area (TPSA) is 12.0 Å². The van der Waals surface area contributed by atoms with Crippen molar-refractivity contribution in [2.75, 3.05) is 24.6 Å². The Morgan fingerprint density at radius 2 is 2.15 bits per heavy atom. The zero-order chi connectivity index (χ0) is 10.1. The highest BCUT2D eigenvalue weighted by atomic mass is 32.2. The Morgan fingerprint density at radius 3 is 2.69 bits per heavy atom. The lowest BCUT2D eigenvalue weighted by atomic mass is 10.3. The summed E-state index contributed by atoms with van der Waals surface area (Å²) in [5.41, 5.74) is 1.32. The molecule has 2 heteroatoms. The molecule has 0 spiro atoms. The van der Waals surface area contributed by atoms with Gasteiger partial charge in [-0.25, -0.2) is 0 Å². The van der Waals surface area contributed by atoms with Gasteiger partial charge in [0.15, 0.2) is 0 Å². The molecular weight excluding hydrogens is 178 g/mol. The molecule has 0 saturated heterocycles. The van der Waals surface area contributed by atoms with Crippen LogP contribution in [0.3, 0.4) is 0 Å². The van der Waals surface area contributed by atoms with Crippen LogP contribution in [0.2, 0.25) is 0 Å². The van der Waals surface area contributed by atoms with Crippen LogP contribution in [0.1, 0.15) is 27.2 Å². The van der Waals surface area contributed by atoms with Gasteiger partial charge in [0.2, 0.25) is 0 Å². The van der Waals surface area contributed by atoms with Crippen molar-refractivity contribution in [2.24, 2.45) is 5.92 Å². The van der Waals surface area contributed by atoms with Crippen LogP contribution in [0.5, 0.6) is 0 Å². The first-order valence-corrected chi connectivity index (χ1v) is 6.27. The van der Waals surface area contributed by atoms with Crippen LogP contribution in [0.25, 0.3) is 0 Å². The van der Waals surface area contributed by atoms with E-state index in [9.17, 15) is 0 Å². The van der Waals surface area contributed by atoms with E-state index in [0.29, 0.717) is 0 Å². The van der Waals surface area contributed by atoms with Crippen molar-refractivity contribution in [1.29, 1.82) is 0 Å². The molecule has 1 nitrogen and oxygen atoms in total. The van der Waals surface area contributed by atoms with Gasteiger partial charge < -0.3 is 5.32 Å². The molecule has 0 aliphatic carbocycles. The molecule has 0 aliphatic heterocycles. The van der Waals surface area contributed by atoms with Crippen molar-refractivity contribution in [2.45, 2.75) is 27.2 Å². The quantitative estimate of drug-likeness (QED) is 0.479. The van der Waals surface area contributed by atoms with Gasteiger partial charge in [-0.2, -0.15) is 11.8 Å². The molecule has 0 aromatic carbocycles. The molecule has 0 aromatic heterocycles. The van der Waals surface area contributed by atoms with Crippen LogP contribution >= 0.6 is 11.8 Å². The summed E-state index contributed by atoms with van der Waals surface area (Å²) in [5, 5.41) is 3.36. The highest BCUT2D eigenvalue weighted by molar-refractivity contribution is 7.99. The summed E-state index contributed by atoms with van der Waals surface area (Å²) >= 11 is 1.99. The second-order valence-electron chi connectivity index (χ2n) is 3.84. The van der Waals surface area contributed by atoms with E-state index in [0.717, 1.165) is 24.8 Å². The Hall–Kier alpha value is 0.0500. The third kappa shape index (κ3) is 9.97. The van der Waals surface area contributed by atoms with E-state index in [1.807, 2.05) is 11.8 Å². The lowest BCUT2D eigenvalue weighted by molar-refractivity contribution is 0.715. The molecule has 1 N–H and O–H groups in total. The van der Waals surface area contributed by atoms with E-state index >= 15 is 0 Å². The first-order valence-electron chi connectivity index (χ1n) is 5.12. The van der Waals surface area contributed by atoms with Gasteiger partial charge in [0.1, 0.15) is 0 Å². The van der Waals surface area contributed by atoms with Crippen molar-refractivity contribution in [3.63, 3.8) is 0 Å². The average Bonchev–Trinajstić information content (AvgIpc) is 2.04. The smallest absolute Gasteiger partial charge is 0.0170 e. The predicted molar refractivity (Wildman–Crippen MR) is 64.5 cm³/mol. The van der Waals surface area contributed by atoms with Crippen LogP contribution < -0.4 is 5.32 Å². The fraction of sp³-hybridized carbons (Fsp3) is 0.818. The molecule has 78 valence electrons. The highest BCUT2D eigenvalue weighted by Crippen LogP contribution is 2.10. The minimum atomic E-state index is 0.793. The molecule has 0 fully saturated rings. The summed E-state index contributed by atoms with van der Waals surface area (Å²) in [6.07, 6.45) is 1.20. The molecule has 0 bridgehead atoms. The molecule has 0 aliphatic rings. The van der Waals surface area contributed by atoms with Gasteiger partial charge in [0.25, 0.3) is 0 Å². The zero-order valence-corrected chi connectivity index (χ0v) is 10.0. The normalized spacial score (nSPS) is 10.8. The Bertz CT molecular complexity index is 132. The Labute approximate surface area is 87.4 Å². The molecule has 0 radical (unpaired) electrons. The third-order valence-corrected chi connectivity index (χ3v) is 3.07. The van der Waals surface area contributed by atoms with Crippen molar-refractivity contribution < 1.29 is 0 Å². The van der Waals surface area contributed by atoms with Gasteiger partial charge in [-0.15, -0.1) is 0 Å². The first-order chi connectivity index (χ1) is 6.16. The second-order valence-corrected chi connectivity index (χ2v) is 4.87. The molecule has 0 atom stereocenters. The van der Waals surface area contributed by atoms with Crippen LogP contribution in [-0.4, -0.2) is 24.6 Å². The van der Waals surface area contributed by atoms with Gasteiger partial charge in [-0.1, -0.05) is 32.9 Å². The minimum Gasteiger partial charge on any atom is -0.313 e. The fourth-order valence-electron chi connectivity index (χ4n) is 0.932. The standard InChI is InChI=1S/C11H23NS/c1-5-6-12-7-11(4)9-13-8-10(2)3/h10,12H,4-9H2,1-3H3. The summed E-state index contributed by atoms with van der Waals surface area (Å²) in [4.78, 5) is 0. The van der Waals surface area contributed by atoms with E-state index in [-0.39, 0.29) is 0 Å². The summed E-state index contributed by atoms with van der Waals surface area (Å²) < 4.78 is 0. The Kier molecular flexibility index (Phi) is 8.67. The van der Waals surface area contributed by atoms with Gasteiger partial charge in [0, 0.05) is 12.3 Å². The number of hydrogen-bond donors (Lipinski definition) is 1. The third-order valence-electron chi connectivity index (χ3n) is 1.56. The van der Waals surface area contributed by atoms with Crippen molar-refractivity contribution >= 4 is 11.8 Å². The number of hydrogen-bond acceptors (Lipinski definition) is 2. The molecule has 0 aromatic rings. The number of rotatable bonds is 8. The van der Waals surface area contributed by atoms with Gasteiger partial charge in [-0.3, -0.25) is 0 Å². The van der Waals surface area contributed by atoms with Crippen LogP contribution in [0.4, 0.5) is 0 Å². The van der Waals surface area contributed by atoms with Crippen LogP contribution in [0.15, 0.2) is 12.2 Å². The zero-order valence-electron chi connectivity index (χ0n) is 9.23. The summed E-state index contributed by atoms with van der Waals surface area (Å²) in [6.45, 7) is 12.8. The number of nitrogens with one attached hydrogen (secondary N) is 1. The van der Waals surface area contributed by atoms with E-state index < -0.39 is 0 Å². The molecule has 13 heavy (non-hydrogen) atoms. The Morgan fingerprint density at radius 1 is 1.46 bits per heavy atom. The minimum absolute atomic E-state index is 0.793. The monoisotopic (exact) mass is 201 g/mol. The molecule has 0 rings (SSSR count). The Balaban J connectivity index is 3.20. The van der Waals surface area contributed by atoms with Crippen molar-refractivity contribution in [1.82, 2.24) is 5.32 Å². The lowest BCUT2D eigenvalue weighted by Gasteiger charge is -2.07. The van der Waals surface area contributed by atoms with E-state index in [1.165, 1.54) is 17.7 Å². The summed E-state index contributed by atoms with van der Waals surface area (Å²) in [7, 11) is 0.